The molecule has 1 fully saturated rings. The van der Waals surface area contributed by atoms with E-state index in [0.29, 0.717) is 18.7 Å². The molecule has 1 atom stereocenters. The van der Waals surface area contributed by atoms with Gasteiger partial charge in [0.15, 0.2) is 0 Å². The molecule has 30 heavy (non-hydrogen) atoms. The van der Waals surface area contributed by atoms with Gasteiger partial charge in [-0.1, -0.05) is 29.8 Å². The van der Waals surface area contributed by atoms with Gasteiger partial charge in [-0.15, -0.1) is 24.8 Å². The first-order valence-electron chi connectivity index (χ1n) is 9.61. The van der Waals surface area contributed by atoms with Crippen LogP contribution in [-0.4, -0.2) is 42.5 Å². The highest BCUT2D eigenvalue weighted by Crippen LogP contribution is 2.32. The van der Waals surface area contributed by atoms with Crippen molar-refractivity contribution in [2.45, 2.75) is 19.9 Å². The fraction of sp³-hybridized carbons (Fsp3) is 0.304. The average Bonchev–Trinajstić information content (AvgIpc) is 2.73. The van der Waals surface area contributed by atoms with Gasteiger partial charge in [0, 0.05) is 30.6 Å². The highest BCUT2D eigenvalue weighted by molar-refractivity contribution is 5.99. The lowest BCUT2D eigenvalue weighted by Crippen LogP contribution is -2.49. The molecular weight excluding hydrogens is 421 g/mol. The molecule has 0 saturated carbocycles. The maximum atomic E-state index is 13.5. The molecule has 3 aromatic rings. The number of pyridine rings is 1. The number of carbonyl (C=O) groups excluding carboxylic acids is 1. The quantitative estimate of drug-likeness (QED) is 0.642. The van der Waals surface area contributed by atoms with Gasteiger partial charge in [-0.05, 0) is 38.1 Å². The number of para-hydroxylation sites is 1. The van der Waals surface area contributed by atoms with E-state index in [1.807, 2.05) is 54.3 Å². The molecule has 0 radical (unpaired) electrons. The number of hydrogen-bond acceptors (Lipinski definition) is 4. The van der Waals surface area contributed by atoms with Gasteiger partial charge < -0.3 is 15.0 Å². The Hall–Kier alpha value is -2.34. The number of carbonyl (C=O) groups is 1. The van der Waals surface area contributed by atoms with Crippen LogP contribution < -0.4 is 10.1 Å². The highest BCUT2D eigenvalue weighted by Gasteiger charge is 2.31. The summed E-state index contributed by atoms with van der Waals surface area (Å²) in [6.07, 6.45) is 0. The Bertz CT molecular complexity index is 1040. The lowest BCUT2D eigenvalue weighted by Gasteiger charge is -2.37. The minimum absolute atomic E-state index is 0. The van der Waals surface area contributed by atoms with Gasteiger partial charge in [-0.2, -0.15) is 0 Å². The summed E-state index contributed by atoms with van der Waals surface area (Å²) in [6, 6.07) is 15.9. The van der Waals surface area contributed by atoms with E-state index in [2.05, 4.69) is 23.3 Å². The van der Waals surface area contributed by atoms with Crippen molar-refractivity contribution in [3.05, 3.63) is 70.9 Å². The summed E-state index contributed by atoms with van der Waals surface area (Å²) >= 11 is 0. The van der Waals surface area contributed by atoms with Gasteiger partial charge in [0.05, 0.1) is 29.9 Å². The van der Waals surface area contributed by atoms with Crippen LogP contribution in [0.2, 0.25) is 0 Å². The van der Waals surface area contributed by atoms with Crippen LogP contribution in [0.3, 0.4) is 0 Å². The van der Waals surface area contributed by atoms with E-state index < -0.39 is 0 Å². The molecule has 1 N–H and O–H groups in total. The summed E-state index contributed by atoms with van der Waals surface area (Å²) in [5, 5.41) is 4.41. The standard InChI is InChI=1S/C23H25N3O2.2ClH/c1-15-8-9-20-17(12-15)13-19(16(2)25-20)23(27)26-11-10-24-14-21(26)18-6-4-5-7-22(18)28-3;;/h4-9,12-13,21,24H,10-11,14H2,1-3H3;2*1H. The predicted molar refractivity (Wildman–Crippen MR) is 125 cm³/mol. The van der Waals surface area contributed by atoms with Crippen molar-refractivity contribution in [1.29, 1.82) is 0 Å². The second-order valence-corrected chi connectivity index (χ2v) is 7.28. The second kappa shape index (κ2) is 10.1. The molecule has 1 aromatic heterocycles. The van der Waals surface area contributed by atoms with E-state index in [-0.39, 0.29) is 36.8 Å². The molecular formula is C23H27Cl2N3O2. The maximum absolute atomic E-state index is 13.5. The normalized spacial score (nSPS) is 15.8. The molecule has 0 aliphatic carbocycles. The zero-order valence-electron chi connectivity index (χ0n) is 17.3. The van der Waals surface area contributed by atoms with Crippen LogP contribution in [0.5, 0.6) is 5.75 Å². The van der Waals surface area contributed by atoms with Crippen molar-refractivity contribution in [3.8, 4) is 5.75 Å². The van der Waals surface area contributed by atoms with E-state index >= 15 is 0 Å². The van der Waals surface area contributed by atoms with Crippen LogP contribution in [-0.2, 0) is 0 Å². The van der Waals surface area contributed by atoms with Crippen LogP contribution in [0, 0.1) is 13.8 Å². The van der Waals surface area contributed by atoms with Crippen molar-refractivity contribution >= 4 is 41.6 Å². The van der Waals surface area contributed by atoms with Crippen LogP contribution in [0.4, 0.5) is 0 Å². The van der Waals surface area contributed by atoms with Crippen molar-refractivity contribution in [2.75, 3.05) is 26.7 Å². The van der Waals surface area contributed by atoms with Gasteiger partial charge in [0.1, 0.15) is 5.75 Å². The molecule has 1 aliphatic heterocycles. The molecule has 160 valence electrons. The molecule has 1 aliphatic rings. The lowest BCUT2D eigenvalue weighted by atomic mass is 10.00. The molecule has 5 nitrogen and oxygen atoms in total. The van der Waals surface area contributed by atoms with Crippen molar-refractivity contribution in [3.63, 3.8) is 0 Å². The number of aromatic nitrogens is 1. The number of fused-ring (bicyclic) bond motifs is 1. The molecule has 7 heteroatoms. The van der Waals surface area contributed by atoms with Gasteiger partial charge in [0.25, 0.3) is 5.91 Å². The number of nitrogens with zero attached hydrogens (tertiary/aromatic N) is 2. The Labute approximate surface area is 189 Å². The molecule has 0 bridgehead atoms. The van der Waals surface area contributed by atoms with E-state index in [1.54, 1.807) is 7.11 Å². The monoisotopic (exact) mass is 447 g/mol. The number of hydrogen-bond donors (Lipinski definition) is 1. The van der Waals surface area contributed by atoms with Gasteiger partial charge in [0.2, 0.25) is 0 Å². The summed E-state index contributed by atoms with van der Waals surface area (Å²) in [4.78, 5) is 20.2. The van der Waals surface area contributed by atoms with Gasteiger partial charge >= 0.3 is 0 Å². The lowest BCUT2D eigenvalue weighted by molar-refractivity contribution is 0.0630. The fourth-order valence-electron chi connectivity index (χ4n) is 3.93. The summed E-state index contributed by atoms with van der Waals surface area (Å²) in [6.45, 7) is 6.08. The minimum Gasteiger partial charge on any atom is -0.496 e. The maximum Gasteiger partial charge on any atom is 0.256 e. The summed E-state index contributed by atoms with van der Waals surface area (Å²) < 4.78 is 5.55. The Morgan fingerprint density at radius 2 is 1.90 bits per heavy atom. The topological polar surface area (TPSA) is 54.5 Å². The van der Waals surface area contributed by atoms with Crippen LogP contribution in [0.25, 0.3) is 10.9 Å². The predicted octanol–water partition coefficient (Wildman–Crippen LogP) is 4.49. The average molecular weight is 448 g/mol. The molecule has 1 unspecified atom stereocenters. The van der Waals surface area contributed by atoms with E-state index in [4.69, 9.17) is 4.74 Å². The number of amides is 1. The van der Waals surface area contributed by atoms with Gasteiger partial charge in [-0.25, -0.2) is 0 Å². The Morgan fingerprint density at radius 1 is 1.13 bits per heavy atom. The smallest absolute Gasteiger partial charge is 0.256 e. The first kappa shape index (κ1) is 23.9. The number of ether oxygens (including phenoxy) is 1. The van der Waals surface area contributed by atoms with E-state index in [0.717, 1.165) is 40.0 Å². The molecule has 2 heterocycles. The number of aryl methyl sites for hydroxylation is 2. The van der Waals surface area contributed by atoms with Crippen LogP contribution >= 0.6 is 24.8 Å². The molecule has 2 aromatic carbocycles. The van der Waals surface area contributed by atoms with Crippen LogP contribution in [0.15, 0.2) is 48.5 Å². The summed E-state index contributed by atoms with van der Waals surface area (Å²) in [5.74, 6) is 0.823. The van der Waals surface area contributed by atoms with E-state index in [1.165, 1.54) is 0 Å². The van der Waals surface area contributed by atoms with Crippen molar-refractivity contribution in [2.24, 2.45) is 0 Å². The van der Waals surface area contributed by atoms with Gasteiger partial charge in [-0.3, -0.25) is 9.78 Å². The largest absolute Gasteiger partial charge is 0.496 e. The number of benzene rings is 2. The molecule has 1 amide bonds. The summed E-state index contributed by atoms with van der Waals surface area (Å²) in [5.41, 5.74) is 4.53. The molecule has 4 rings (SSSR count). The number of halogens is 2. The highest BCUT2D eigenvalue weighted by atomic mass is 35.5. The fourth-order valence-corrected chi connectivity index (χ4v) is 3.93. The number of methoxy groups -OCH3 is 1. The Kier molecular flexibility index (Phi) is 8.07. The van der Waals surface area contributed by atoms with Crippen molar-refractivity contribution < 1.29 is 9.53 Å². The third-order valence-electron chi connectivity index (χ3n) is 5.39. The third kappa shape index (κ3) is 4.53. The Balaban J connectivity index is 0.00000160. The third-order valence-corrected chi connectivity index (χ3v) is 5.39. The minimum atomic E-state index is -0.0787. The second-order valence-electron chi connectivity index (χ2n) is 7.28. The Morgan fingerprint density at radius 3 is 2.67 bits per heavy atom. The number of piperazine rings is 1. The van der Waals surface area contributed by atoms with E-state index in [9.17, 15) is 4.79 Å². The SMILES string of the molecule is COc1ccccc1C1CNCCN1C(=O)c1cc2cc(C)ccc2nc1C.Cl.Cl. The zero-order chi connectivity index (χ0) is 19.7. The molecule has 1 saturated heterocycles. The van der Waals surface area contributed by atoms with Crippen LogP contribution in [0.1, 0.15) is 33.2 Å². The molecule has 0 spiro atoms. The number of rotatable bonds is 3. The first-order chi connectivity index (χ1) is 13.6. The number of nitrogens with one attached hydrogen (secondary N) is 1. The summed E-state index contributed by atoms with van der Waals surface area (Å²) in [7, 11) is 1.67. The van der Waals surface area contributed by atoms with Crippen molar-refractivity contribution in [1.82, 2.24) is 15.2 Å². The first-order valence-corrected chi connectivity index (χ1v) is 9.61. The zero-order valence-corrected chi connectivity index (χ0v) is 19.0.